The van der Waals surface area contributed by atoms with E-state index in [9.17, 15) is 9.18 Å². The van der Waals surface area contributed by atoms with E-state index in [2.05, 4.69) is 34.6 Å². The second-order valence-corrected chi connectivity index (χ2v) is 7.67. The normalized spacial score (nSPS) is 11.8. The molecule has 1 aromatic rings. The topological polar surface area (TPSA) is 20.3 Å². The van der Waals surface area contributed by atoms with Crippen LogP contribution in [0.1, 0.15) is 72.3 Å². The zero-order valence-electron chi connectivity index (χ0n) is 15.6. The minimum atomic E-state index is -0.223. The number of carbonyl (C=O) groups is 1. The fraction of sp³-hybridized carbons (Fsp3) is 0.650. The minimum absolute atomic E-state index is 0.0621. The molecule has 0 N–H and O–H groups in total. The van der Waals surface area contributed by atoms with E-state index in [1.54, 1.807) is 19.1 Å². The summed E-state index contributed by atoms with van der Waals surface area (Å²) >= 11 is 0. The molecule has 0 fully saturated rings. The van der Waals surface area contributed by atoms with Gasteiger partial charge in [0.1, 0.15) is 5.82 Å². The van der Waals surface area contributed by atoms with E-state index in [4.69, 9.17) is 0 Å². The maximum Gasteiger partial charge on any atom is 0.227 e. The number of amides is 1. The number of rotatable bonds is 7. The molecule has 0 bridgehead atoms. The molecule has 0 saturated heterocycles. The number of hydrogen-bond acceptors (Lipinski definition) is 1. The Hall–Kier alpha value is -1.38. The van der Waals surface area contributed by atoms with Crippen molar-refractivity contribution in [3.63, 3.8) is 0 Å². The summed E-state index contributed by atoms with van der Waals surface area (Å²) in [5.41, 5.74) is 1.35. The number of anilines is 1. The van der Waals surface area contributed by atoms with Crippen LogP contribution >= 0.6 is 0 Å². The maximum atomic E-state index is 13.6. The van der Waals surface area contributed by atoms with Crippen molar-refractivity contribution in [2.24, 2.45) is 5.41 Å². The van der Waals surface area contributed by atoms with Crippen molar-refractivity contribution >= 4 is 11.6 Å². The van der Waals surface area contributed by atoms with Gasteiger partial charge in [-0.3, -0.25) is 4.79 Å². The molecule has 1 aromatic carbocycles. The van der Waals surface area contributed by atoms with Crippen molar-refractivity contribution in [3.8, 4) is 0 Å². The van der Waals surface area contributed by atoms with Crippen LogP contribution in [0.2, 0.25) is 0 Å². The third-order valence-electron chi connectivity index (χ3n) is 3.98. The Morgan fingerprint density at radius 1 is 1.17 bits per heavy atom. The van der Waals surface area contributed by atoms with Crippen LogP contribution in [0, 0.1) is 18.2 Å². The Kier molecular flexibility index (Phi) is 7.24. The van der Waals surface area contributed by atoms with Crippen LogP contribution in [0.15, 0.2) is 18.2 Å². The van der Waals surface area contributed by atoms with Gasteiger partial charge in [-0.1, -0.05) is 47.5 Å². The first-order chi connectivity index (χ1) is 10.7. The summed E-state index contributed by atoms with van der Waals surface area (Å²) in [7, 11) is 0. The first kappa shape index (κ1) is 19.7. The van der Waals surface area contributed by atoms with E-state index < -0.39 is 0 Å². The lowest BCUT2D eigenvalue weighted by Crippen LogP contribution is -2.42. The Morgan fingerprint density at radius 3 is 2.17 bits per heavy atom. The van der Waals surface area contributed by atoms with Crippen LogP contribution in [0.25, 0.3) is 0 Å². The number of benzene rings is 1. The molecule has 23 heavy (non-hydrogen) atoms. The molecule has 0 saturated carbocycles. The Bertz CT molecular complexity index is 513. The van der Waals surface area contributed by atoms with E-state index in [0.717, 1.165) is 31.4 Å². The van der Waals surface area contributed by atoms with Gasteiger partial charge < -0.3 is 4.90 Å². The van der Waals surface area contributed by atoms with Gasteiger partial charge in [0.25, 0.3) is 0 Å². The summed E-state index contributed by atoms with van der Waals surface area (Å²) in [6.45, 7) is 12.3. The molecule has 0 heterocycles. The molecule has 0 spiro atoms. The van der Waals surface area contributed by atoms with Gasteiger partial charge in [-0.25, -0.2) is 4.39 Å². The lowest BCUT2D eigenvalue weighted by Gasteiger charge is -2.34. The lowest BCUT2D eigenvalue weighted by atomic mass is 9.90. The number of hydrogen-bond donors (Lipinski definition) is 0. The highest BCUT2D eigenvalue weighted by atomic mass is 19.1. The van der Waals surface area contributed by atoms with E-state index >= 15 is 0 Å². The van der Waals surface area contributed by atoms with Crippen molar-refractivity contribution in [2.75, 3.05) is 4.90 Å². The fourth-order valence-electron chi connectivity index (χ4n) is 2.94. The second kappa shape index (κ2) is 8.47. The lowest BCUT2D eigenvalue weighted by molar-refractivity contribution is -0.120. The molecule has 1 rings (SSSR count). The molecule has 0 aliphatic carbocycles. The van der Waals surface area contributed by atoms with Crippen LogP contribution in [-0.4, -0.2) is 11.9 Å². The molecule has 3 heteroatoms. The predicted molar refractivity (Wildman–Crippen MR) is 96.3 cm³/mol. The molecule has 0 atom stereocenters. The highest BCUT2D eigenvalue weighted by molar-refractivity contribution is 5.94. The first-order valence-corrected chi connectivity index (χ1v) is 8.77. The summed E-state index contributed by atoms with van der Waals surface area (Å²) < 4.78 is 13.6. The van der Waals surface area contributed by atoms with Crippen molar-refractivity contribution in [1.29, 1.82) is 0 Å². The molecule has 2 nitrogen and oxygen atoms in total. The molecule has 0 unspecified atom stereocenters. The van der Waals surface area contributed by atoms with E-state index in [1.165, 1.54) is 6.07 Å². The van der Waals surface area contributed by atoms with Crippen molar-refractivity contribution in [2.45, 2.75) is 79.7 Å². The molecule has 0 aliphatic heterocycles. The third-order valence-corrected chi connectivity index (χ3v) is 3.98. The average molecular weight is 321 g/mol. The van der Waals surface area contributed by atoms with Gasteiger partial charge in [-0.2, -0.15) is 0 Å². The molecular weight excluding hydrogens is 289 g/mol. The van der Waals surface area contributed by atoms with Crippen molar-refractivity contribution < 1.29 is 9.18 Å². The summed E-state index contributed by atoms with van der Waals surface area (Å²) in [6, 6.07) is 5.19. The minimum Gasteiger partial charge on any atom is -0.309 e. The quantitative estimate of drug-likeness (QED) is 0.615. The standard InChI is InChI=1S/C20H32FNO/c1-7-9-16(10-8-2)22(19(23)14-20(4,5)6)17-11-12-18(21)15(3)13-17/h11-13,16H,7-10,14H2,1-6H3. The Labute approximate surface area is 141 Å². The van der Waals surface area contributed by atoms with E-state index in [-0.39, 0.29) is 23.2 Å². The van der Waals surface area contributed by atoms with Gasteiger partial charge >= 0.3 is 0 Å². The second-order valence-electron chi connectivity index (χ2n) is 7.67. The van der Waals surface area contributed by atoms with Gasteiger partial charge in [0.2, 0.25) is 5.91 Å². The summed E-state index contributed by atoms with van der Waals surface area (Å²) in [5.74, 6) is -0.0880. The first-order valence-electron chi connectivity index (χ1n) is 8.77. The van der Waals surface area contributed by atoms with Gasteiger partial charge in [0, 0.05) is 18.2 Å². The Morgan fingerprint density at radius 2 is 1.74 bits per heavy atom. The van der Waals surface area contributed by atoms with Gasteiger partial charge in [0.05, 0.1) is 0 Å². The zero-order valence-corrected chi connectivity index (χ0v) is 15.6. The molecule has 0 radical (unpaired) electrons. The predicted octanol–water partition coefficient (Wildman–Crippen LogP) is 5.87. The number of nitrogens with zero attached hydrogens (tertiary/aromatic N) is 1. The SMILES string of the molecule is CCCC(CCC)N(C(=O)CC(C)(C)C)c1ccc(F)c(C)c1. The van der Waals surface area contributed by atoms with Gasteiger partial charge in [0.15, 0.2) is 0 Å². The average Bonchev–Trinajstić information content (AvgIpc) is 2.41. The van der Waals surface area contributed by atoms with Crippen LogP contribution in [0.4, 0.5) is 10.1 Å². The summed E-state index contributed by atoms with van der Waals surface area (Å²) in [6.07, 6.45) is 4.50. The smallest absolute Gasteiger partial charge is 0.227 e. The van der Waals surface area contributed by atoms with Crippen molar-refractivity contribution in [3.05, 3.63) is 29.6 Å². The van der Waals surface area contributed by atoms with Crippen LogP contribution in [-0.2, 0) is 4.79 Å². The molecule has 0 aromatic heterocycles. The summed E-state index contributed by atoms with van der Waals surface area (Å²) in [4.78, 5) is 14.9. The van der Waals surface area contributed by atoms with Gasteiger partial charge in [-0.05, 0) is 48.9 Å². The molecule has 130 valence electrons. The number of halogens is 1. The largest absolute Gasteiger partial charge is 0.309 e. The third kappa shape index (κ3) is 5.96. The van der Waals surface area contributed by atoms with E-state index in [1.807, 2.05) is 4.90 Å². The van der Waals surface area contributed by atoms with Gasteiger partial charge in [-0.15, -0.1) is 0 Å². The fourth-order valence-corrected chi connectivity index (χ4v) is 2.94. The molecule has 0 aliphatic rings. The monoisotopic (exact) mass is 321 g/mol. The Balaban J connectivity index is 3.22. The van der Waals surface area contributed by atoms with Crippen LogP contribution < -0.4 is 4.90 Å². The van der Waals surface area contributed by atoms with Crippen LogP contribution in [0.5, 0.6) is 0 Å². The highest BCUT2D eigenvalue weighted by Gasteiger charge is 2.28. The maximum absolute atomic E-state index is 13.6. The zero-order chi connectivity index (χ0) is 17.6. The van der Waals surface area contributed by atoms with Crippen LogP contribution in [0.3, 0.4) is 0 Å². The number of aryl methyl sites for hydroxylation is 1. The highest BCUT2D eigenvalue weighted by Crippen LogP contribution is 2.29. The molecular formula is C20H32FNO. The summed E-state index contributed by atoms with van der Waals surface area (Å²) in [5, 5.41) is 0. The number of carbonyl (C=O) groups excluding carboxylic acids is 1. The van der Waals surface area contributed by atoms with E-state index in [0.29, 0.717) is 12.0 Å². The van der Waals surface area contributed by atoms with Crippen molar-refractivity contribution in [1.82, 2.24) is 0 Å². The molecule has 1 amide bonds.